The lowest BCUT2D eigenvalue weighted by Crippen LogP contribution is -2.38. The normalized spacial score (nSPS) is 14.9. The Bertz CT molecular complexity index is 1310. The standard InChI is InChI=1S/C29H31ClN4O/c1-2-21-6-5-7-25(18-21)31-29(35)23-14-16-33(17-15-23)20-28-32-26-8-3-4-9-27(26)34(28)19-22-10-12-24(30)13-11-22/h3-13,18,23H,2,14-17,19-20H2,1H3,(H,31,35). The van der Waals surface area contributed by atoms with Gasteiger partial charge < -0.3 is 9.88 Å². The molecule has 0 bridgehead atoms. The number of anilines is 1. The number of piperidine rings is 1. The first-order chi connectivity index (χ1) is 17.1. The molecule has 3 aromatic carbocycles. The zero-order chi connectivity index (χ0) is 24.2. The second-order valence-corrected chi connectivity index (χ2v) is 9.76. The average Bonchev–Trinajstić information content (AvgIpc) is 3.22. The predicted molar refractivity (Wildman–Crippen MR) is 143 cm³/mol. The van der Waals surface area contributed by atoms with E-state index in [1.54, 1.807) is 0 Å². The topological polar surface area (TPSA) is 50.2 Å². The van der Waals surface area contributed by atoms with E-state index >= 15 is 0 Å². The van der Waals surface area contributed by atoms with Crippen LogP contribution in [-0.4, -0.2) is 33.4 Å². The van der Waals surface area contributed by atoms with Gasteiger partial charge in [0.05, 0.1) is 17.6 Å². The van der Waals surface area contributed by atoms with Crippen molar-refractivity contribution in [2.75, 3.05) is 18.4 Å². The van der Waals surface area contributed by atoms with Gasteiger partial charge >= 0.3 is 0 Å². The number of carbonyl (C=O) groups is 1. The molecule has 0 atom stereocenters. The number of nitrogens with one attached hydrogen (secondary N) is 1. The molecule has 0 saturated carbocycles. The van der Waals surface area contributed by atoms with Gasteiger partial charge in [-0.05, 0) is 79.9 Å². The molecular formula is C29H31ClN4O. The first-order valence-corrected chi connectivity index (χ1v) is 12.8. The Morgan fingerprint density at radius 1 is 0.971 bits per heavy atom. The summed E-state index contributed by atoms with van der Waals surface area (Å²) < 4.78 is 2.30. The van der Waals surface area contributed by atoms with E-state index in [1.807, 2.05) is 30.3 Å². The SMILES string of the molecule is CCc1cccc(NC(=O)C2CCN(Cc3nc4ccccc4n3Cc3ccc(Cl)cc3)CC2)c1. The molecule has 2 heterocycles. The molecule has 1 aliphatic rings. The van der Waals surface area contributed by atoms with Crippen LogP contribution in [0, 0.1) is 5.92 Å². The second kappa shape index (κ2) is 10.6. The Morgan fingerprint density at radius 3 is 2.51 bits per heavy atom. The number of aryl methyl sites for hydroxylation is 1. The summed E-state index contributed by atoms with van der Waals surface area (Å²) >= 11 is 6.09. The summed E-state index contributed by atoms with van der Waals surface area (Å²) in [5, 5.41) is 3.87. The zero-order valence-corrected chi connectivity index (χ0v) is 20.8. The molecule has 1 N–H and O–H groups in total. The van der Waals surface area contributed by atoms with E-state index in [-0.39, 0.29) is 11.8 Å². The minimum atomic E-state index is 0.0458. The van der Waals surface area contributed by atoms with Gasteiger partial charge in [0, 0.05) is 23.2 Å². The van der Waals surface area contributed by atoms with E-state index < -0.39 is 0 Å². The number of fused-ring (bicyclic) bond motifs is 1. The van der Waals surface area contributed by atoms with E-state index in [0.717, 1.165) is 73.0 Å². The van der Waals surface area contributed by atoms with Crippen LogP contribution in [0.25, 0.3) is 11.0 Å². The Morgan fingerprint density at radius 2 is 1.74 bits per heavy atom. The Kier molecular flexibility index (Phi) is 7.16. The molecule has 35 heavy (non-hydrogen) atoms. The maximum atomic E-state index is 12.9. The number of carbonyl (C=O) groups excluding carboxylic acids is 1. The Balaban J connectivity index is 1.25. The molecule has 0 unspecified atom stereocenters. The van der Waals surface area contributed by atoms with Crippen LogP contribution in [0.4, 0.5) is 5.69 Å². The van der Waals surface area contributed by atoms with Crippen molar-refractivity contribution in [1.29, 1.82) is 0 Å². The first kappa shape index (κ1) is 23.6. The van der Waals surface area contributed by atoms with Crippen molar-refractivity contribution in [3.63, 3.8) is 0 Å². The lowest BCUT2D eigenvalue weighted by molar-refractivity contribution is -0.121. The summed E-state index contributed by atoms with van der Waals surface area (Å²) in [6, 6.07) is 24.4. The van der Waals surface area contributed by atoms with Crippen LogP contribution >= 0.6 is 11.6 Å². The molecular weight excluding hydrogens is 456 g/mol. The summed E-state index contributed by atoms with van der Waals surface area (Å²) in [6.45, 7) is 5.42. The van der Waals surface area contributed by atoms with Crippen molar-refractivity contribution in [2.45, 2.75) is 39.3 Å². The lowest BCUT2D eigenvalue weighted by atomic mass is 9.95. The van der Waals surface area contributed by atoms with Crippen LogP contribution in [-0.2, 0) is 24.3 Å². The van der Waals surface area contributed by atoms with Crippen LogP contribution in [0.2, 0.25) is 5.02 Å². The molecule has 0 radical (unpaired) electrons. The molecule has 0 aliphatic carbocycles. The highest BCUT2D eigenvalue weighted by atomic mass is 35.5. The van der Waals surface area contributed by atoms with Crippen LogP contribution in [0.3, 0.4) is 0 Å². The maximum absolute atomic E-state index is 12.9. The number of aromatic nitrogens is 2. The predicted octanol–water partition coefficient (Wildman–Crippen LogP) is 6.15. The third-order valence-electron chi connectivity index (χ3n) is 6.91. The summed E-state index contributed by atoms with van der Waals surface area (Å²) in [5.74, 6) is 1.23. The fraction of sp³-hybridized carbons (Fsp3) is 0.310. The maximum Gasteiger partial charge on any atom is 0.227 e. The summed E-state index contributed by atoms with van der Waals surface area (Å²) in [5.41, 5.74) is 5.48. The largest absolute Gasteiger partial charge is 0.326 e. The van der Waals surface area contributed by atoms with Crippen molar-refractivity contribution in [3.8, 4) is 0 Å². The molecule has 5 rings (SSSR count). The third kappa shape index (κ3) is 5.58. The average molecular weight is 487 g/mol. The Labute approximate surface area is 211 Å². The quantitative estimate of drug-likeness (QED) is 0.341. The number of para-hydroxylation sites is 2. The number of likely N-dealkylation sites (tertiary alicyclic amines) is 1. The fourth-order valence-electron chi connectivity index (χ4n) is 4.86. The number of nitrogens with zero attached hydrogens (tertiary/aromatic N) is 3. The molecule has 1 aromatic heterocycles. The van der Waals surface area contributed by atoms with E-state index in [4.69, 9.17) is 16.6 Å². The molecule has 6 heteroatoms. The minimum Gasteiger partial charge on any atom is -0.326 e. The highest BCUT2D eigenvalue weighted by molar-refractivity contribution is 6.30. The number of hydrogen-bond donors (Lipinski definition) is 1. The van der Waals surface area contributed by atoms with Gasteiger partial charge in [0.1, 0.15) is 5.82 Å². The number of hydrogen-bond acceptors (Lipinski definition) is 3. The molecule has 5 nitrogen and oxygen atoms in total. The molecule has 0 spiro atoms. The van der Waals surface area contributed by atoms with Crippen molar-refractivity contribution >= 4 is 34.2 Å². The number of benzene rings is 3. The van der Waals surface area contributed by atoms with E-state index in [1.165, 1.54) is 11.1 Å². The molecule has 1 aliphatic heterocycles. The van der Waals surface area contributed by atoms with Crippen molar-refractivity contribution in [2.24, 2.45) is 5.92 Å². The zero-order valence-electron chi connectivity index (χ0n) is 20.1. The van der Waals surface area contributed by atoms with Gasteiger partial charge in [-0.15, -0.1) is 0 Å². The van der Waals surface area contributed by atoms with Crippen LogP contribution in [0.15, 0.2) is 72.8 Å². The lowest BCUT2D eigenvalue weighted by Gasteiger charge is -2.31. The van der Waals surface area contributed by atoms with Crippen LogP contribution in [0.1, 0.15) is 36.7 Å². The van der Waals surface area contributed by atoms with Crippen molar-refractivity contribution < 1.29 is 4.79 Å². The van der Waals surface area contributed by atoms with Gasteiger partial charge in [-0.25, -0.2) is 4.98 Å². The van der Waals surface area contributed by atoms with Gasteiger partial charge in [-0.2, -0.15) is 0 Å². The minimum absolute atomic E-state index is 0.0458. The number of amides is 1. The monoisotopic (exact) mass is 486 g/mol. The summed E-state index contributed by atoms with van der Waals surface area (Å²) in [6.07, 6.45) is 2.68. The summed E-state index contributed by atoms with van der Waals surface area (Å²) in [7, 11) is 0. The molecule has 180 valence electrons. The van der Waals surface area contributed by atoms with E-state index in [2.05, 4.69) is 64.2 Å². The third-order valence-corrected chi connectivity index (χ3v) is 7.17. The van der Waals surface area contributed by atoms with Gasteiger partial charge in [0.2, 0.25) is 5.91 Å². The highest BCUT2D eigenvalue weighted by Crippen LogP contribution is 2.24. The second-order valence-electron chi connectivity index (χ2n) is 9.32. The van der Waals surface area contributed by atoms with Crippen LogP contribution in [0.5, 0.6) is 0 Å². The molecule has 1 saturated heterocycles. The molecule has 1 fully saturated rings. The number of halogens is 1. The molecule has 4 aromatic rings. The highest BCUT2D eigenvalue weighted by Gasteiger charge is 2.26. The van der Waals surface area contributed by atoms with Gasteiger partial charge in [0.25, 0.3) is 0 Å². The summed E-state index contributed by atoms with van der Waals surface area (Å²) in [4.78, 5) is 20.3. The number of imidazole rings is 1. The van der Waals surface area contributed by atoms with E-state index in [0.29, 0.717) is 0 Å². The fourth-order valence-corrected chi connectivity index (χ4v) is 4.99. The molecule has 1 amide bonds. The van der Waals surface area contributed by atoms with Crippen molar-refractivity contribution in [3.05, 3.63) is 94.8 Å². The number of rotatable bonds is 7. The van der Waals surface area contributed by atoms with Crippen molar-refractivity contribution in [1.82, 2.24) is 14.5 Å². The van der Waals surface area contributed by atoms with Crippen LogP contribution < -0.4 is 5.32 Å². The van der Waals surface area contributed by atoms with E-state index in [9.17, 15) is 4.79 Å². The van der Waals surface area contributed by atoms with Gasteiger partial charge in [-0.3, -0.25) is 9.69 Å². The smallest absolute Gasteiger partial charge is 0.227 e. The Hall–Kier alpha value is -3.15. The first-order valence-electron chi connectivity index (χ1n) is 12.4. The van der Waals surface area contributed by atoms with Gasteiger partial charge in [-0.1, -0.05) is 54.9 Å². The van der Waals surface area contributed by atoms with Gasteiger partial charge in [0.15, 0.2) is 0 Å².